The first-order valence-corrected chi connectivity index (χ1v) is 14.0. The molecule has 4 atom stereocenters. The molecule has 1 aliphatic carbocycles. The van der Waals surface area contributed by atoms with Crippen LogP contribution >= 0.6 is 0 Å². The zero-order valence-electron chi connectivity index (χ0n) is 21.9. The van der Waals surface area contributed by atoms with Gasteiger partial charge >= 0.3 is 0 Å². The molecule has 38 heavy (non-hydrogen) atoms. The van der Waals surface area contributed by atoms with E-state index in [0.29, 0.717) is 36.4 Å². The summed E-state index contributed by atoms with van der Waals surface area (Å²) in [6.45, 7) is 4.54. The van der Waals surface area contributed by atoms with Gasteiger partial charge in [-0.2, -0.15) is 0 Å². The lowest BCUT2D eigenvalue weighted by atomic mass is 9.72. The van der Waals surface area contributed by atoms with Crippen LogP contribution in [0.2, 0.25) is 0 Å². The predicted molar refractivity (Wildman–Crippen MR) is 147 cm³/mol. The lowest BCUT2D eigenvalue weighted by Crippen LogP contribution is -2.51. The van der Waals surface area contributed by atoms with Gasteiger partial charge < -0.3 is 9.72 Å². The number of H-pyrrole nitrogens is 1. The zero-order valence-corrected chi connectivity index (χ0v) is 21.9. The number of aromatic nitrogens is 3. The van der Waals surface area contributed by atoms with Crippen molar-refractivity contribution in [3.8, 4) is 5.75 Å². The maximum atomic E-state index is 13.3. The Bertz CT molecular complexity index is 1420. The van der Waals surface area contributed by atoms with E-state index in [4.69, 9.17) is 4.74 Å². The van der Waals surface area contributed by atoms with Crippen molar-refractivity contribution in [3.63, 3.8) is 0 Å². The molecular formula is C31H35FN4O2. The topological polar surface area (TPSA) is 71.1 Å². The molecule has 2 aliphatic rings. The van der Waals surface area contributed by atoms with Crippen molar-refractivity contribution in [2.75, 3.05) is 19.7 Å². The summed E-state index contributed by atoms with van der Waals surface area (Å²) in [6.07, 6.45) is 11.4. The van der Waals surface area contributed by atoms with Crippen LogP contribution in [0.1, 0.15) is 56.9 Å². The number of piperidine rings is 1. The molecule has 0 amide bonds. The van der Waals surface area contributed by atoms with Crippen molar-refractivity contribution in [1.29, 1.82) is 0 Å². The molecule has 1 aromatic carbocycles. The number of likely N-dealkylation sites (tertiary alicyclic amines) is 1. The third-order valence-electron chi connectivity index (χ3n) is 8.66. The van der Waals surface area contributed by atoms with Gasteiger partial charge in [-0.05, 0) is 86.5 Å². The van der Waals surface area contributed by atoms with Crippen LogP contribution in [0.15, 0.2) is 55.0 Å². The Morgan fingerprint density at radius 1 is 1.13 bits per heavy atom. The van der Waals surface area contributed by atoms with E-state index in [-0.39, 0.29) is 17.8 Å². The Morgan fingerprint density at radius 2 is 2.00 bits per heavy atom. The Labute approximate surface area is 222 Å². The van der Waals surface area contributed by atoms with Gasteiger partial charge in [-0.25, -0.2) is 9.37 Å². The largest absolute Gasteiger partial charge is 0.493 e. The summed E-state index contributed by atoms with van der Waals surface area (Å²) in [7, 11) is 0. The lowest BCUT2D eigenvalue weighted by molar-refractivity contribution is -0.126. The molecule has 1 N–H and O–H groups in total. The molecular weight excluding hydrogens is 479 g/mol. The summed E-state index contributed by atoms with van der Waals surface area (Å²) in [6, 6.07) is 10.7. The highest BCUT2D eigenvalue weighted by molar-refractivity contribution is 6.05. The minimum absolute atomic E-state index is 0.0788. The molecule has 7 heteroatoms. The van der Waals surface area contributed by atoms with Crippen LogP contribution < -0.4 is 4.74 Å². The summed E-state index contributed by atoms with van der Waals surface area (Å²) in [5.74, 6) is 1.66. The third kappa shape index (κ3) is 4.92. The number of carbonyl (C=O) groups is 1. The molecule has 4 unspecified atom stereocenters. The number of benzene rings is 1. The van der Waals surface area contributed by atoms with Crippen molar-refractivity contribution in [2.24, 2.45) is 11.8 Å². The van der Waals surface area contributed by atoms with E-state index in [1.807, 2.05) is 25.5 Å². The fourth-order valence-electron chi connectivity index (χ4n) is 6.77. The fourth-order valence-corrected chi connectivity index (χ4v) is 6.77. The van der Waals surface area contributed by atoms with Gasteiger partial charge in [0, 0.05) is 54.0 Å². The van der Waals surface area contributed by atoms with E-state index in [2.05, 4.69) is 32.0 Å². The second kappa shape index (κ2) is 10.8. The highest BCUT2D eigenvalue weighted by atomic mass is 19.1. The van der Waals surface area contributed by atoms with E-state index in [9.17, 15) is 9.18 Å². The Balaban J connectivity index is 1.24. The van der Waals surface area contributed by atoms with Crippen LogP contribution in [0.5, 0.6) is 5.75 Å². The van der Waals surface area contributed by atoms with Crippen molar-refractivity contribution in [2.45, 2.75) is 57.4 Å². The molecule has 4 aromatic rings. The number of aromatic amines is 1. The molecule has 0 bridgehead atoms. The zero-order chi connectivity index (χ0) is 26.1. The minimum Gasteiger partial charge on any atom is -0.493 e. The molecule has 0 spiro atoms. The van der Waals surface area contributed by atoms with Gasteiger partial charge in [0.2, 0.25) is 0 Å². The number of fused-ring (bicyclic) bond motifs is 3. The number of pyridine rings is 2. The number of hydrogen-bond donors (Lipinski definition) is 1. The predicted octanol–water partition coefficient (Wildman–Crippen LogP) is 6.27. The van der Waals surface area contributed by atoms with E-state index < -0.39 is 0 Å². The lowest BCUT2D eigenvalue weighted by Gasteiger charge is -2.45. The Morgan fingerprint density at radius 3 is 2.84 bits per heavy atom. The molecule has 0 radical (unpaired) electrons. The fraction of sp³-hybridized carbons (Fsp3) is 0.452. The highest BCUT2D eigenvalue weighted by Crippen LogP contribution is 2.43. The number of hydrogen-bond acceptors (Lipinski definition) is 5. The first-order valence-electron chi connectivity index (χ1n) is 14.0. The summed E-state index contributed by atoms with van der Waals surface area (Å²) in [5, 5.41) is 2.30. The second-order valence-corrected chi connectivity index (χ2v) is 10.9. The summed E-state index contributed by atoms with van der Waals surface area (Å²) in [4.78, 5) is 28.1. The minimum atomic E-state index is -0.254. The van der Waals surface area contributed by atoms with Gasteiger partial charge in [-0.1, -0.05) is 6.92 Å². The van der Waals surface area contributed by atoms with Crippen LogP contribution in [0, 0.1) is 17.7 Å². The van der Waals surface area contributed by atoms with Gasteiger partial charge in [0.25, 0.3) is 0 Å². The number of ether oxygens (including phenoxy) is 1. The molecule has 3 aromatic heterocycles. The van der Waals surface area contributed by atoms with Crippen LogP contribution in [0.25, 0.3) is 21.9 Å². The second-order valence-electron chi connectivity index (χ2n) is 10.9. The van der Waals surface area contributed by atoms with Crippen LogP contribution in [-0.2, 0) is 4.79 Å². The number of carbonyl (C=O) groups excluding carboxylic acids is 1. The van der Waals surface area contributed by atoms with Gasteiger partial charge in [-0.15, -0.1) is 0 Å². The van der Waals surface area contributed by atoms with E-state index in [1.54, 1.807) is 12.1 Å². The molecule has 6 nitrogen and oxygen atoms in total. The average Bonchev–Trinajstić information content (AvgIpc) is 3.45. The number of nitrogens with one attached hydrogen (secondary N) is 1. The van der Waals surface area contributed by atoms with E-state index >= 15 is 0 Å². The molecule has 6 rings (SSSR count). The van der Waals surface area contributed by atoms with E-state index in [1.165, 1.54) is 23.1 Å². The van der Waals surface area contributed by atoms with E-state index in [0.717, 1.165) is 61.7 Å². The van der Waals surface area contributed by atoms with Crippen molar-refractivity contribution < 1.29 is 13.9 Å². The molecule has 2 fully saturated rings. The standard InChI is InChI=1S/C31H35FN4O2/c1-2-29(37)25-10-5-21(24-11-13-33-27-17-35-31-26(30(24)27)12-14-34-31)16-28(25)36-15-3-4-20(18-36)19-38-23-8-6-22(32)7-9-23/h6-9,11-14,17,20-21,25,28H,2-5,10,15-16,18-19H2,1H3,(H,34,35). The monoisotopic (exact) mass is 514 g/mol. The molecule has 1 aliphatic heterocycles. The Kier molecular flexibility index (Phi) is 7.11. The van der Waals surface area contributed by atoms with Crippen molar-refractivity contribution >= 4 is 27.7 Å². The third-order valence-corrected chi connectivity index (χ3v) is 8.66. The van der Waals surface area contributed by atoms with Crippen LogP contribution in [0.4, 0.5) is 4.39 Å². The van der Waals surface area contributed by atoms with Crippen LogP contribution in [-0.4, -0.2) is 51.4 Å². The van der Waals surface area contributed by atoms with Gasteiger partial charge in [0.05, 0.1) is 18.3 Å². The first kappa shape index (κ1) is 25.0. The van der Waals surface area contributed by atoms with Crippen molar-refractivity contribution in [3.05, 3.63) is 66.4 Å². The van der Waals surface area contributed by atoms with Gasteiger partial charge in [0.15, 0.2) is 0 Å². The molecule has 1 saturated carbocycles. The quantitative estimate of drug-likeness (QED) is 0.315. The van der Waals surface area contributed by atoms with Gasteiger partial charge in [-0.3, -0.25) is 14.7 Å². The summed E-state index contributed by atoms with van der Waals surface area (Å²) in [5.41, 5.74) is 3.13. The highest BCUT2D eigenvalue weighted by Gasteiger charge is 2.40. The summed E-state index contributed by atoms with van der Waals surface area (Å²) >= 11 is 0. The molecule has 1 saturated heterocycles. The first-order chi connectivity index (χ1) is 18.6. The summed E-state index contributed by atoms with van der Waals surface area (Å²) < 4.78 is 19.3. The normalized spacial score (nSPS) is 24.6. The maximum absolute atomic E-state index is 13.3. The Hall–Kier alpha value is -3.32. The number of Topliss-reactive ketones (excluding diaryl/α,β-unsaturated/α-hetero) is 1. The smallest absolute Gasteiger partial charge is 0.137 e. The number of rotatable bonds is 7. The van der Waals surface area contributed by atoms with Crippen LogP contribution in [0.3, 0.4) is 0 Å². The SMILES string of the molecule is CCC(=O)C1CCC(c2ccnc3cnc4[nH]ccc4c23)CC1N1CCCC(COc2ccc(F)cc2)C1. The van der Waals surface area contributed by atoms with Crippen molar-refractivity contribution in [1.82, 2.24) is 19.9 Å². The maximum Gasteiger partial charge on any atom is 0.137 e. The average molecular weight is 515 g/mol. The molecule has 198 valence electrons. The molecule has 4 heterocycles. The van der Waals surface area contributed by atoms with Gasteiger partial charge in [0.1, 0.15) is 23.0 Å². The number of nitrogens with zero attached hydrogens (tertiary/aromatic N) is 3. The number of ketones is 1. The number of halogens is 1.